The Morgan fingerprint density at radius 1 is 1.07 bits per heavy atom. The molecule has 0 fully saturated rings. The standard InChI is InChI=1S/C22H28FN3O2/c1-4-17(18-8-6-5-7-9-18)14-24-22(28)16(2)26(3)15-21(27)25-20-12-10-19(23)11-13-20/h5-13,16-17H,4,14-15H2,1-3H3,(H,24,28)(H,25,27)/p+1/t16-,17-/m1/s1. The van der Waals surface area contributed by atoms with Crippen molar-refractivity contribution in [2.24, 2.45) is 0 Å². The minimum absolute atomic E-state index is 0.0820. The zero-order chi connectivity index (χ0) is 20.5. The van der Waals surface area contributed by atoms with E-state index >= 15 is 0 Å². The van der Waals surface area contributed by atoms with Gasteiger partial charge in [0.15, 0.2) is 12.6 Å². The molecule has 150 valence electrons. The van der Waals surface area contributed by atoms with Crippen LogP contribution in [0.15, 0.2) is 54.6 Å². The second-order valence-corrected chi connectivity index (χ2v) is 7.06. The summed E-state index contributed by atoms with van der Waals surface area (Å²) in [4.78, 5) is 25.5. The summed E-state index contributed by atoms with van der Waals surface area (Å²) >= 11 is 0. The zero-order valence-corrected chi connectivity index (χ0v) is 16.7. The van der Waals surface area contributed by atoms with Crippen LogP contribution < -0.4 is 15.5 Å². The largest absolute Gasteiger partial charge is 0.350 e. The summed E-state index contributed by atoms with van der Waals surface area (Å²) in [6.07, 6.45) is 0.932. The van der Waals surface area contributed by atoms with E-state index in [0.29, 0.717) is 12.2 Å². The molecule has 3 atom stereocenters. The van der Waals surface area contributed by atoms with Crippen LogP contribution in [0, 0.1) is 5.82 Å². The highest BCUT2D eigenvalue weighted by Crippen LogP contribution is 2.17. The molecule has 28 heavy (non-hydrogen) atoms. The third kappa shape index (κ3) is 6.46. The number of hydrogen-bond acceptors (Lipinski definition) is 2. The Balaban J connectivity index is 1.82. The van der Waals surface area contributed by atoms with Gasteiger partial charge in [-0.1, -0.05) is 37.3 Å². The normalized spacial score (nSPS) is 14.0. The van der Waals surface area contributed by atoms with Crippen LogP contribution in [-0.4, -0.2) is 38.0 Å². The van der Waals surface area contributed by atoms with E-state index in [9.17, 15) is 14.0 Å². The molecule has 0 aliphatic carbocycles. The fourth-order valence-corrected chi connectivity index (χ4v) is 2.97. The van der Waals surface area contributed by atoms with Gasteiger partial charge in [0.05, 0.1) is 7.05 Å². The highest BCUT2D eigenvalue weighted by Gasteiger charge is 2.24. The van der Waals surface area contributed by atoms with Crippen molar-refractivity contribution in [3.8, 4) is 0 Å². The molecule has 1 unspecified atom stereocenters. The van der Waals surface area contributed by atoms with Crippen molar-refractivity contribution in [1.82, 2.24) is 5.32 Å². The SMILES string of the molecule is CC[C@H](CNC(=O)[C@@H](C)[NH+](C)CC(=O)Nc1ccc(F)cc1)c1ccccc1. The molecular weight excluding hydrogens is 357 g/mol. The number of likely N-dealkylation sites (N-methyl/N-ethyl adjacent to an activating group) is 1. The van der Waals surface area contributed by atoms with Crippen LogP contribution in [0.3, 0.4) is 0 Å². The first kappa shape index (κ1) is 21.6. The van der Waals surface area contributed by atoms with Gasteiger partial charge in [-0.3, -0.25) is 9.59 Å². The Hall–Kier alpha value is -2.73. The summed E-state index contributed by atoms with van der Waals surface area (Å²) in [7, 11) is 1.81. The summed E-state index contributed by atoms with van der Waals surface area (Å²) in [6.45, 7) is 4.62. The van der Waals surface area contributed by atoms with Crippen LogP contribution in [-0.2, 0) is 9.59 Å². The third-order valence-electron chi connectivity index (χ3n) is 4.99. The lowest BCUT2D eigenvalue weighted by atomic mass is 9.96. The van der Waals surface area contributed by atoms with Crippen molar-refractivity contribution < 1.29 is 18.9 Å². The Morgan fingerprint density at radius 2 is 1.71 bits per heavy atom. The average Bonchev–Trinajstić information content (AvgIpc) is 2.70. The van der Waals surface area contributed by atoms with Gasteiger partial charge in [0, 0.05) is 18.2 Å². The van der Waals surface area contributed by atoms with E-state index in [-0.39, 0.29) is 36.1 Å². The molecule has 2 rings (SSSR count). The maximum Gasteiger partial charge on any atom is 0.279 e. The van der Waals surface area contributed by atoms with Crippen molar-refractivity contribution in [1.29, 1.82) is 0 Å². The Morgan fingerprint density at radius 3 is 2.32 bits per heavy atom. The molecule has 0 saturated carbocycles. The minimum Gasteiger partial charge on any atom is -0.350 e. The van der Waals surface area contributed by atoms with Crippen LogP contribution >= 0.6 is 0 Å². The summed E-state index contributed by atoms with van der Waals surface area (Å²) in [6, 6.07) is 15.3. The van der Waals surface area contributed by atoms with E-state index < -0.39 is 0 Å². The molecule has 5 nitrogen and oxygen atoms in total. The number of anilines is 1. The van der Waals surface area contributed by atoms with Crippen molar-refractivity contribution in [3.63, 3.8) is 0 Å². The van der Waals surface area contributed by atoms with E-state index in [1.807, 2.05) is 25.2 Å². The van der Waals surface area contributed by atoms with Crippen LogP contribution in [0.25, 0.3) is 0 Å². The van der Waals surface area contributed by atoms with E-state index in [1.165, 1.54) is 29.8 Å². The van der Waals surface area contributed by atoms with Gasteiger partial charge in [0.2, 0.25) is 0 Å². The van der Waals surface area contributed by atoms with Crippen LogP contribution in [0.1, 0.15) is 31.7 Å². The minimum atomic E-state index is -0.368. The second-order valence-electron chi connectivity index (χ2n) is 7.06. The number of quaternary nitrogens is 1. The smallest absolute Gasteiger partial charge is 0.279 e. The average molecular weight is 386 g/mol. The number of nitrogens with one attached hydrogen (secondary N) is 3. The molecule has 0 aliphatic rings. The van der Waals surface area contributed by atoms with Crippen LogP contribution in [0.4, 0.5) is 10.1 Å². The monoisotopic (exact) mass is 386 g/mol. The van der Waals surface area contributed by atoms with Crippen molar-refractivity contribution in [3.05, 3.63) is 66.0 Å². The van der Waals surface area contributed by atoms with Crippen molar-refractivity contribution in [2.75, 3.05) is 25.5 Å². The van der Waals surface area contributed by atoms with Gasteiger partial charge < -0.3 is 15.5 Å². The number of hydrogen-bond donors (Lipinski definition) is 3. The van der Waals surface area contributed by atoms with E-state index in [0.717, 1.165) is 11.3 Å². The second kappa shape index (κ2) is 10.6. The maximum absolute atomic E-state index is 12.9. The number of halogens is 1. The lowest BCUT2D eigenvalue weighted by Crippen LogP contribution is -3.15. The van der Waals surface area contributed by atoms with Crippen molar-refractivity contribution >= 4 is 17.5 Å². The van der Waals surface area contributed by atoms with Gasteiger partial charge in [-0.2, -0.15) is 0 Å². The van der Waals surface area contributed by atoms with E-state index in [4.69, 9.17) is 0 Å². The first-order valence-corrected chi connectivity index (χ1v) is 9.61. The molecule has 0 aromatic heterocycles. The van der Waals surface area contributed by atoms with Gasteiger partial charge in [-0.05, 0) is 43.2 Å². The molecular formula is C22H29FN3O2+. The van der Waals surface area contributed by atoms with Crippen molar-refractivity contribution in [2.45, 2.75) is 32.2 Å². The molecule has 2 amide bonds. The molecule has 3 N–H and O–H groups in total. The predicted molar refractivity (Wildman–Crippen MR) is 109 cm³/mol. The first-order chi connectivity index (χ1) is 13.4. The van der Waals surface area contributed by atoms with Gasteiger partial charge in [0.1, 0.15) is 5.82 Å². The molecule has 2 aromatic rings. The topological polar surface area (TPSA) is 62.6 Å². The molecule has 2 aromatic carbocycles. The fourth-order valence-electron chi connectivity index (χ4n) is 2.97. The fraction of sp³-hybridized carbons (Fsp3) is 0.364. The lowest BCUT2D eigenvalue weighted by Gasteiger charge is -2.22. The number of rotatable bonds is 9. The molecule has 0 bridgehead atoms. The quantitative estimate of drug-likeness (QED) is 0.617. The Kier molecular flexibility index (Phi) is 8.14. The molecule has 6 heteroatoms. The third-order valence-corrected chi connectivity index (χ3v) is 4.99. The van der Waals surface area contributed by atoms with Gasteiger partial charge >= 0.3 is 0 Å². The molecule has 0 saturated heterocycles. The van der Waals surface area contributed by atoms with E-state index in [2.05, 4.69) is 29.7 Å². The van der Waals surface area contributed by atoms with Gasteiger partial charge in [-0.15, -0.1) is 0 Å². The highest BCUT2D eigenvalue weighted by atomic mass is 19.1. The molecule has 0 heterocycles. The molecule has 0 aliphatic heterocycles. The first-order valence-electron chi connectivity index (χ1n) is 9.61. The van der Waals surface area contributed by atoms with Gasteiger partial charge in [-0.25, -0.2) is 4.39 Å². The van der Waals surface area contributed by atoms with Crippen LogP contribution in [0.2, 0.25) is 0 Å². The number of carbonyl (C=O) groups excluding carboxylic acids is 2. The number of carbonyl (C=O) groups is 2. The summed E-state index contributed by atoms with van der Waals surface area (Å²) < 4.78 is 12.9. The zero-order valence-electron chi connectivity index (χ0n) is 16.7. The summed E-state index contributed by atoms with van der Waals surface area (Å²) in [5.41, 5.74) is 1.74. The summed E-state index contributed by atoms with van der Waals surface area (Å²) in [5, 5.41) is 5.73. The molecule has 0 radical (unpaired) electrons. The molecule has 0 spiro atoms. The Bertz CT molecular complexity index is 765. The predicted octanol–water partition coefficient (Wildman–Crippen LogP) is 1.98. The number of amides is 2. The Labute approximate surface area is 165 Å². The van der Waals surface area contributed by atoms with E-state index in [1.54, 1.807) is 6.92 Å². The summed E-state index contributed by atoms with van der Waals surface area (Å²) in [5.74, 6) is -0.396. The lowest BCUT2D eigenvalue weighted by molar-refractivity contribution is -0.885. The van der Waals surface area contributed by atoms with Crippen LogP contribution in [0.5, 0.6) is 0 Å². The number of benzene rings is 2. The van der Waals surface area contributed by atoms with Gasteiger partial charge in [0.25, 0.3) is 11.8 Å². The highest BCUT2D eigenvalue weighted by molar-refractivity contribution is 5.91. The maximum atomic E-state index is 12.9.